The van der Waals surface area contributed by atoms with Crippen LogP contribution in [0.15, 0.2) is 48.5 Å². The molecule has 0 heterocycles. The second kappa shape index (κ2) is 4.80. The van der Waals surface area contributed by atoms with Crippen molar-refractivity contribution in [2.75, 3.05) is 0 Å². The number of aryl methyl sites for hydroxylation is 1. The van der Waals surface area contributed by atoms with Crippen molar-refractivity contribution in [3.05, 3.63) is 59.7 Å². The Labute approximate surface area is 99.8 Å². The van der Waals surface area contributed by atoms with Crippen LogP contribution in [-0.2, 0) is 4.84 Å². The van der Waals surface area contributed by atoms with Crippen molar-refractivity contribution >= 4 is 5.97 Å². The average Bonchev–Trinajstić information content (AvgIpc) is 2.38. The van der Waals surface area contributed by atoms with E-state index in [-0.39, 0.29) is 0 Å². The number of benzene rings is 2. The summed E-state index contributed by atoms with van der Waals surface area (Å²) in [7, 11) is 0. The molecule has 3 nitrogen and oxygen atoms in total. The second-order valence-corrected chi connectivity index (χ2v) is 3.77. The van der Waals surface area contributed by atoms with Crippen molar-refractivity contribution in [1.82, 2.24) is 0 Å². The molecular weight excluding hydrogens is 214 g/mol. The number of nitrogens with two attached hydrogens (primary N) is 1. The monoisotopic (exact) mass is 227 g/mol. The first-order chi connectivity index (χ1) is 8.24. The van der Waals surface area contributed by atoms with Gasteiger partial charge in [0.2, 0.25) is 0 Å². The second-order valence-electron chi connectivity index (χ2n) is 3.77. The summed E-state index contributed by atoms with van der Waals surface area (Å²) in [5.74, 6) is 4.43. The quantitative estimate of drug-likeness (QED) is 0.802. The van der Waals surface area contributed by atoms with Gasteiger partial charge < -0.3 is 4.84 Å². The molecule has 2 aromatic rings. The Morgan fingerprint density at radius 1 is 1.06 bits per heavy atom. The van der Waals surface area contributed by atoms with E-state index in [1.54, 1.807) is 6.07 Å². The van der Waals surface area contributed by atoms with Crippen LogP contribution in [0.2, 0.25) is 0 Å². The van der Waals surface area contributed by atoms with Crippen molar-refractivity contribution < 1.29 is 9.63 Å². The molecular formula is C14H13NO2. The highest BCUT2D eigenvalue weighted by molar-refractivity contribution is 5.98. The molecule has 0 bridgehead atoms. The van der Waals surface area contributed by atoms with Crippen molar-refractivity contribution in [3.63, 3.8) is 0 Å². The van der Waals surface area contributed by atoms with Crippen LogP contribution in [-0.4, -0.2) is 5.97 Å². The van der Waals surface area contributed by atoms with E-state index in [0.717, 1.165) is 16.7 Å². The van der Waals surface area contributed by atoms with E-state index in [0.29, 0.717) is 5.56 Å². The van der Waals surface area contributed by atoms with Gasteiger partial charge in [0.25, 0.3) is 0 Å². The first-order valence-electron chi connectivity index (χ1n) is 5.30. The molecule has 2 aromatic carbocycles. The average molecular weight is 227 g/mol. The predicted octanol–water partition coefficient (Wildman–Crippen LogP) is 2.69. The van der Waals surface area contributed by atoms with Gasteiger partial charge in [-0.05, 0) is 29.7 Å². The van der Waals surface area contributed by atoms with Gasteiger partial charge in [0.05, 0.1) is 5.56 Å². The lowest BCUT2D eigenvalue weighted by Gasteiger charge is -2.10. The topological polar surface area (TPSA) is 52.3 Å². The van der Waals surface area contributed by atoms with Crippen LogP contribution in [0, 0.1) is 6.92 Å². The van der Waals surface area contributed by atoms with Crippen LogP contribution in [0.25, 0.3) is 11.1 Å². The Balaban J connectivity index is 2.64. The maximum Gasteiger partial charge on any atom is 0.357 e. The van der Waals surface area contributed by atoms with E-state index < -0.39 is 5.97 Å². The Morgan fingerprint density at radius 2 is 1.76 bits per heavy atom. The number of hydrogen-bond acceptors (Lipinski definition) is 3. The lowest BCUT2D eigenvalue weighted by molar-refractivity contribution is 0.0504. The third-order valence-electron chi connectivity index (χ3n) is 2.66. The third-order valence-corrected chi connectivity index (χ3v) is 2.66. The molecule has 86 valence electrons. The molecule has 0 unspecified atom stereocenters. The lowest BCUT2D eigenvalue weighted by Crippen LogP contribution is -2.11. The lowest BCUT2D eigenvalue weighted by atomic mass is 9.95. The fourth-order valence-corrected chi connectivity index (χ4v) is 1.89. The summed E-state index contributed by atoms with van der Waals surface area (Å²) in [5.41, 5.74) is 3.34. The molecule has 0 aliphatic rings. The molecule has 0 aromatic heterocycles. The number of rotatable bonds is 2. The van der Waals surface area contributed by atoms with Gasteiger partial charge in [0.1, 0.15) is 0 Å². The molecule has 0 saturated carbocycles. The highest BCUT2D eigenvalue weighted by Gasteiger charge is 2.14. The molecule has 0 radical (unpaired) electrons. The van der Waals surface area contributed by atoms with Gasteiger partial charge in [-0.1, -0.05) is 42.5 Å². The number of hydrogen-bond donors (Lipinski definition) is 1. The predicted molar refractivity (Wildman–Crippen MR) is 66.2 cm³/mol. The molecule has 0 aliphatic heterocycles. The molecule has 0 aliphatic carbocycles. The number of carbonyl (C=O) groups is 1. The molecule has 0 atom stereocenters. The summed E-state index contributed by atoms with van der Waals surface area (Å²) in [5, 5.41) is 0. The van der Waals surface area contributed by atoms with Crippen molar-refractivity contribution in [2.24, 2.45) is 5.90 Å². The molecule has 3 heteroatoms. The minimum absolute atomic E-state index is 0.485. The minimum atomic E-state index is -0.521. The van der Waals surface area contributed by atoms with E-state index in [1.807, 2.05) is 49.4 Å². The highest BCUT2D eigenvalue weighted by Crippen LogP contribution is 2.27. The van der Waals surface area contributed by atoms with E-state index in [9.17, 15) is 4.79 Å². The third kappa shape index (κ3) is 2.19. The largest absolute Gasteiger partial charge is 0.370 e. The van der Waals surface area contributed by atoms with Crippen LogP contribution in [0.4, 0.5) is 0 Å². The molecule has 2 N–H and O–H groups in total. The summed E-state index contributed by atoms with van der Waals surface area (Å²) in [6.07, 6.45) is 0. The minimum Gasteiger partial charge on any atom is -0.370 e. The zero-order valence-electron chi connectivity index (χ0n) is 9.51. The van der Waals surface area contributed by atoms with Gasteiger partial charge in [-0.2, -0.15) is 5.90 Å². The fraction of sp³-hybridized carbons (Fsp3) is 0.0714. The van der Waals surface area contributed by atoms with E-state index in [1.165, 1.54) is 0 Å². The van der Waals surface area contributed by atoms with Crippen molar-refractivity contribution in [1.29, 1.82) is 0 Å². The normalized spacial score (nSPS) is 10.0. The van der Waals surface area contributed by atoms with Gasteiger partial charge in [0.15, 0.2) is 0 Å². The molecule has 0 saturated heterocycles. The number of carbonyl (C=O) groups excluding carboxylic acids is 1. The summed E-state index contributed by atoms with van der Waals surface area (Å²) >= 11 is 0. The molecule has 2 rings (SSSR count). The Morgan fingerprint density at radius 3 is 2.41 bits per heavy atom. The summed E-state index contributed by atoms with van der Waals surface area (Å²) in [4.78, 5) is 15.9. The molecule has 0 fully saturated rings. The summed E-state index contributed by atoms with van der Waals surface area (Å²) in [6, 6.07) is 15.2. The van der Waals surface area contributed by atoms with Gasteiger partial charge in [-0.3, -0.25) is 0 Å². The zero-order chi connectivity index (χ0) is 12.3. The first-order valence-corrected chi connectivity index (χ1v) is 5.30. The Bertz CT molecular complexity index is 535. The maximum atomic E-state index is 11.6. The molecule has 17 heavy (non-hydrogen) atoms. The van der Waals surface area contributed by atoms with Crippen molar-refractivity contribution in [3.8, 4) is 11.1 Å². The fourth-order valence-electron chi connectivity index (χ4n) is 1.89. The maximum absolute atomic E-state index is 11.6. The van der Waals surface area contributed by atoms with Gasteiger partial charge in [-0.15, -0.1) is 0 Å². The van der Waals surface area contributed by atoms with Gasteiger partial charge in [0, 0.05) is 0 Å². The summed E-state index contributed by atoms with van der Waals surface area (Å²) < 4.78 is 0. The van der Waals surface area contributed by atoms with E-state index >= 15 is 0 Å². The molecule has 0 spiro atoms. The Hall–Kier alpha value is -2.13. The van der Waals surface area contributed by atoms with Crippen LogP contribution >= 0.6 is 0 Å². The van der Waals surface area contributed by atoms with Crippen LogP contribution < -0.4 is 5.90 Å². The standard InChI is InChI=1S/C14H13NO2/c1-10-6-5-9-12(14(16)17-15)13(10)11-7-3-2-4-8-11/h2-9H,15H2,1H3. The van der Waals surface area contributed by atoms with Crippen LogP contribution in [0.5, 0.6) is 0 Å². The SMILES string of the molecule is Cc1cccc(C(=O)ON)c1-c1ccccc1. The van der Waals surface area contributed by atoms with E-state index in [4.69, 9.17) is 5.90 Å². The smallest absolute Gasteiger partial charge is 0.357 e. The Kier molecular flexibility index (Phi) is 3.21. The van der Waals surface area contributed by atoms with Gasteiger partial charge in [-0.25, -0.2) is 4.79 Å². The highest BCUT2D eigenvalue weighted by atomic mass is 16.7. The zero-order valence-corrected chi connectivity index (χ0v) is 9.51. The summed E-state index contributed by atoms with van der Waals surface area (Å²) in [6.45, 7) is 1.95. The van der Waals surface area contributed by atoms with Crippen LogP contribution in [0.1, 0.15) is 15.9 Å². The van der Waals surface area contributed by atoms with Crippen molar-refractivity contribution in [2.45, 2.75) is 6.92 Å². The van der Waals surface area contributed by atoms with Crippen LogP contribution in [0.3, 0.4) is 0 Å². The van der Waals surface area contributed by atoms with Gasteiger partial charge >= 0.3 is 5.97 Å². The first kappa shape index (κ1) is 11.4. The molecule has 0 amide bonds. The van der Waals surface area contributed by atoms with E-state index in [2.05, 4.69) is 4.84 Å².